The summed E-state index contributed by atoms with van der Waals surface area (Å²) in [5.41, 5.74) is 0.884. The molecule has 1 saturated heterocycles. The Hall–Kier alpha value is -2.04. The number of likely N-dealkylation sites (tertiary alicyclic amines) is 1. The number of benzene rings is 1. The average molecular weight is 318 g/mol. The first kappa shape index (κ1) is 17.3. The third-order valence-corrected chi connectivity index (χ3v) is 4.68. The van der Waals surface area contributed by atoms with E-state index in [4.69, 9.17) is 0 Å². The summed E-state index contributed by atoms with van der Waals surface area (Å²) in [5, 5.41) is 9.27. The van der Waals surface area contributed by atoms with Gasteiger partial charge in [-0.3, -0.25) is 9.59 Å². The van der Waals surface area contributed by atoms with Crippen molar-refractivity contribution in [3.8, 4) is 0 Å². The van der Waals surface area contributed by atoms with E-state index in [0.29, 0.717) is 18.5 Å². The number of carbonyl (C=O) groups excluding carboxylic acids is 1. The second-order valence-electron chi connectivity index (χ2n) is 6.66. The van der Waals surface area contributed by atoms with Gasteiger partial charge in [0.05, 0.1) is 5.41 Å². The van der Waals surface area contributed by atoms with E-state index in [-0.39, 0.29) is 12.5 Å². The van der Waals surface area contributed by atoms with E-state index in [9.17, 15) is 14.7 Å². The van der Waals surface area contributed by atoms with Gasteiger partial charge in [-0.2, -0.15) is 0 Å². The molecular weight excluding hydrogens is 292 g/mol. The lowest BCUT2D eigenvalue weighted by molar-refractivity contribution is -0.147. The number of carboxylic acid groups (broad SMARTS) is 1. The minimum absolute atomic E-state index is 0.0854. The minimum Gasteiger partial charge on any atom is -0.481 e. The number of aliphatic carboxylic acids is 1. The molecule has 1 aliphatic rings. The molecular formula is C18H26N2O3. The van der Waals surface area contributed by atoms with E-state index in [0.717, 1.165) is 25.1 Å². The minimum atomic E-state index is -0.833. The van der Waals surface area contributed by atoms with Gasteiger partial charge in [0, 0.05) is 37.9 Å². The van der Waals surface area contributed by atoms with Crippen LogP contribution in [0.2, 0.25) is 0 Å². The van der Waals surface area contributed by atoms with Crippen LogP contribution in [0.15, 0.2) is 24.3 Å². The van der Waals surface area contributed by atoms with Crippen LogP contribution in [0, 0.1) is 5.41 Å². The molecule has 0 radical (unpaired) electrons. The third-order valence-electron chi connectivity index (χ3n) is 4.68. The lowest BCUT2D eigenvalue weighted by atomic mass is 9.90. The Morgan fingerprint density at radius 2 is 1.96 bits per heavy atom. The van der Waals surface area contributed by atoms with Gasteiger partial charge in [-0.25, -0.2) is 0 Å². The quantitative estimate of drug-likeness (QED) is 0.876. The summed E-state index contributed by atoms with van der Waals surface area (Å²) >= 11 is 0. The van der Waals surface area contributed by atoms with Crippen molar-refractivity contribution in [3.05, 3.63) is 29.8 Å². The van der Waals surface area contributed by atoms with Crippen molar-refractivity contribution in [2.24, 2.45) is 5.41 Å². The Labute approximate surface area is 137 Å². The number of hydrogen-bond acceptors (Lipinski definition) is 3. The zero-order valence-electron chi connectivity index (χ0n) is 14.2. The highest BCUT2D eigenvalue weighted by atomic mass is 16.4. The Morgan fingerprint density at radius 1 is 1.30 bits per heavy atom. The first-order valence-corrected chi connectivity index (χ1v) is 8.21. The van der Waals surface area contributed by atoms with Gasteiger partial charge in [-0.15, -0.1) is 0 Å². The van der Waals surface area contributed by atoms with Crippen molar-refractivity contribution < 1.29 is 14.7 Å². The standard InChI is InChI=1S/C18H26N2O3/c1-4-5-11-19(3)15-8-6-14(7-9-15)16(21)20-12-10-18(2,13-20)17(22)23/h6-9H,4-5,10-13H2,1-3H3,(H,22,23). The van der Waals surface area contributed by atoms with Gasteiger partial charge in [0.2, 0.25) is 0 Å². The summed E-state index contributed by atoms with van der Waals surface area (Å²) in [6.07, 6.45) is 2.79. The molecule has 1 amide bonds. The molecule has 0 aromatic heterocycles. The molecule has 2 rings (SSSR count). The maximum absolute atomic E-state index is 12.5. The fraction of sp³-hybridized carbons (Fsp3) is 0.556. The topological polar surface area (TPSA) is 60.9 Å². The highest BCUT2D eigenvalue weighted by Crippen LogP contribution is 2.31. The lowest BCUT2D eigenvalue weighted by Gasteiger charge is -2.21. The molecule has 5 heteroatoms. The van der Waals surface area contributed by atoms with Crippen LogP contribution in [-0.2, 0) is 4.79 Å². The van der Waals surface area contributed by atoms with E-state index in [1.54, 1.807) is 11.8 Å². The molecule has 1 fully saturated rings. The molecule has 1 aromatic rings. The number of rotatable bonds is 6. The van der Waals surface area contributed by atoms with Crippen molar-refractivity contribution in [3.63, 3.8) is 0 Å². The Kier molecular flexibility index (Phi) is 5.29. The largest absolute Gasteiger partial charge is 0.481 e. The lowest BCUT2D eigenvalue weighted by Crippen LogP contribution is -2.34. The van der Waals surface area contributed by atoms with Crippen molar-refractivity contribution in [2.75, 3.05) is 31.6 Å². The zero-order valence-corrected chi connectivity index (χ0v) is 14.2. The van der Waals surface area contributed by atoms with Crippen molar-refractivity contribution in [1.82, 2.24) is 4.90 Å². The number of carbonyl (C=O) groups is 2. The summed E-state index contributed by atoms with van der Waals surface area (Å²) < 4.78 is 0. The smallest absolute Gasteiger partial charge is 0.311 e. The van der Waals surface area contributed by atoms with Crippen molar-refractivity contribution >= 4 is 17.6 Å². The van der Waals surface area contributed by atoms with Crippen molar-refractivity contribution in [2.45, 2.75) is 33.1 Å². The maximum atomic E-state index is 12.5. The number of amides is 1. The first-order chi connectivity index (χ1) is 10.9. The highest BCUT2D eigenvalue weighted by molar-refractivity contribution is 5.95. The second kappa shape index (κ2) is 7.02. The van der Waals surface area contributed by atoms with Gasteiger partial charge in [-0.1, -0.05) is 13.3 Å². The molecule has 1 unspecified atom stereocenters. The molecule has 0 saturated carbocycles. The number of carboxylic acids is 1. The van der Waals surface area contributed by atoms with Gasteiger partial charge in [0.25, 0.3) is 5.91 Å². The van der Waals surface area contributed by atoms with Crippen LogP contribution < -0.4 is 4.90 Å². The van der Waals surface area contributed by atoms with Crippen molar-refractivity contribution in [1.29, 1.82) is 0 Å². The zero-order chi connectivity index (χ0) is 17.0. The number of anilines is 1. The van der Waals surface area contributed by atoms with Gasteiger partial charge < -0.3 is 14.9 Å². The Morgan fingerprint density at radius 3 is 2.48 bits per heavy atom. The fourth-order valence-corrected chi connectivity index (χ4v) is 2.87. The summed E-state index contributed by atoms with van der Waals surface area (Å²) in [6, 6.07) is 7.57. The van der Waals surface area contributed by atoms with Gasteiger partial charge in [0.1, 0.15) is 0 Å². The summed E-state index contributed by atoms with van der Waals surface area (Å²) in [5.74, 6) is -0.918. The maximum Gasteiger partial charge on any atom is 0.311 e. The molecule has 1 heterocycles. The van der Waals surface area contributed by atoms with Crippen LogP contribution in [0.5, 0.6) is 0 Å². The van der Waals surface area contributed by atoms with Crippen LogP contribution in [0.25, 0.3) is 0 Å². The van der Waals surface area contributed by atoms with Gasteiger partial charge in [0.15, 0.2) is 0 Å². The van der Waals surface area contributed by atoms with Crippen LogP contribution in [0.3, 0.4) is 0 Å². The second-order valence-corrected chi connectivity index (χ2v) is 6.66. The molecule has 0 aliphatic carbocycles. The van der Waals surface area contributed by atoms with E-state index >= 15 is 0 Å². The average Bonchev–Trinajstić information content (AvgIpc) is 2.96. The van der Waals surface area contributed by atoms with E-state index < -0.39 is 11.4 Å². The molecule has 126 valence electrons. The highest BCUT2D eigenvalue weighted by Gasteiger charge is 2.42. The van der Waals surface area contributed by atoms with E-state index in [1.807, 2.05) is 31.3 Å². The van der Waals surface area contributed by atoms with E-state index in [1.165, 1.54) is 0 Å². The van der Waals surface area contributed by atoms with E-state index in [2.05, 4.69) is 11.8 Å². The van der Waals surface area contributed by atoms with Gasteiger partial charge >= 0.3 is 5.97 Å². The van der Waals surface area contributed by atoms with Crippen LogP contribution in [0.1, 0.15) is 43.5 Å². The molecule has 1 atom stereocenters. The summed E-state index contributed by atoms with van der Waals surface area (Å²) in [7, 11) is 2.05. The number of unbranched alkanes of at least 4 members (excludes halogenated alkanes) is 1. The third kappa shape index (κ3) is 3.84. The number of hydrogen-bond donors (Lipinski definition) is 1. The number of nitrogens with zero attached hydrogens (tertiary/aromatic N) is 2. The van der Waals surface area contributed by atoms with Crippen LogP contribution in [-0.4, -0.2) is 48.6 Å². The molecule has 0 bridgehead atoms. The molecule has 1 aliphatic heterocycles. The molecule has 1 aromatic carbocycles. The predicted molar refractivity (Wildman–Crippen MR) is 90.9 cm³/mol. The Balaban J connectivity index is 2.02. The monoisotopic (exact) mass is 318 g/mol. The first-order valence-electron chi connectivity index (χ1n) is 8.21. The predicted octanol–water partition coefficient (Wildman–Crippen LogP) is 2.86. The fourth-order valence-electron chi connectivity index (χ4n) is 2.87. The summed E-state index contributed by atoms with van der Waals surface area (Å²) in [4.78, 5) is 27.6. The molecule has 1 N–H and O–H groups in total. The molecule has 5 nitrogen and oxygen atoms in total. The Bertz CT molecular complexity index is 570. The summed E-state index contributed by atoms with van der Waals surface area (Å²) in [6.45, 7) is 5.64. The SMILES string of the molecule is CCCCN(C)c1ccc(C(=O)N2CCC(C)(C(=O)O)C2)cc1. The van der Waals surface area contributed by atoms with Gasteiger partial charge in [-0.05, 0) is 44.0 Å². The van der Waals surface area contributed by atoms with Crippen LogP contribution >= 0.6 is 0 Å². The molecule has 23 heavy (non-hydrogen) atoms. The van der Waals surface area contributed by atoms with Crippen LogP contribution in [0.4, 0.5) is 5.69 Å². The molecule has 0 spiro atoms. The normalized spacial score (nSPS) is 20.6.